The Labute approximate surface area is 98.1 Å². The monoisotopic (exact) mass is 222 g/mol. The minimum atomic E-state index is -0.123. The van der Waals surface area contributed by atoms with E-state index in [1.54, 1.807) is 6.07 Å². The van der Waals surface area contributed by atoms with Crippen molar-refractivity contribution in [3.63, 3.8) is 0 Å². The van der Waals surface area contributed by atoms with Crippen LogP contribution < -0.4 is 10.2 Å². The first-order valence-electron chi connectivity index (χ1n) is 5.94. The van der Waals surface area contributed by atoms with Crippen LogP contribution in [0.15, 0.2) is 12.1 Å². The van der Waals surface area contributed by atoms with Crippen LogP contribution in [0.2, 0.25) is 13.6 Å². The summed E-state index contributed by atoms with van der Waals surface area (Å²) in [6.07, 6.45) is 0. The molecule has 0 unspecified atom stereocenters. The molecular weight excluding hydrogens is 202 g/mol. The summed E-state index contributed by atoms with van der Waals surface area (Å²) in [7, 11) is 0. The lowest BCUT2D eigenvalue weighted by Gasteiger charge is -2.19. The fourth-order valence-corrected chi connectivity index (χ4v) is 2.05. The van der Waals surface area contributed by atoms with Gasteiger partial charge in [0.05, 0.1) is 6.61 Å². The average molecular weight is 222 g/mol. The van der Waals surface area contributed by atoms with E-state index in [1.807, 2.05) is 20.8 Å². The highest BCUT2D eigenvalue weighted by Crippen LogP contribution is 2.22. The van der Waals surface area contributed by atoms with Crippen LogP contribution in [-0.2, 0) is 0 Å². The quantitative estimate of drug-likeness (QED) is 0.710. The van der Waals surface area contributed by atoms with Crippen molar-refractivity contribution in [2.45, 2.75) is 40.3 Å². The summed E-state index contributed by atoms with van der Waals surface area (Å²) >= 11 is 0. The number of hydrogen-bond acceptors (Lipinski definition) is 1. The second kappa shape index (κ2) is 5.38. The van der Waals surface area contributed by atoms with Crippen molar-refractivity contribution in [1.29, 1.82) is 0 Å². The van der Waals surface area contributed by atoms with E-state index in [1.165, 1.54) is 6.07 Å². The lowest BCUT2D eigenvalue weighted by Crippen LogP contribution is -2.30. The molecule has 0 N–H and O–H groups in total. The molecule has 0 bridgehead atoms. The normalized spacial score (nSPS) is 10.7. The highest BCUT2D eigenvalue weighted by molar-refractivity contribution is 6.72. The van der Waals surface area contributed by atoms with Gasteiger partial charge in [-0.25, -0.2) is 4.39 Å². The van der Waals surface area contributed by atoms with Crippen LogP contribution in [0.25, 0.3) is 0 Å². The van der Waals surface area contributed by atoms with E-state index >= 15 is 0 Å². The largest absolute Gasteiger partial charge is 0.494 e. The molecule has 1 rings (SSSR count). The summed E-state index contributed by atoms with van der Waals surface area (Å²) in [6.45, 7) is 11.0. The van der Waals surface area contributed by atoms with Crippen LogP contribution in [0.5, 0.6) is 5.75 Å². The lowest BCUT2D eigenvalue weighted by molar-refractivity contribution is 0.342. The summed E-state index contributed by atoms with van der Waals surface area (Å²) in [5.74, 6) is 0.877. The van der Waals surface area contributed by atoms with E-state index in [2.05, 4.69) is 13.6 Å². The second-order valence-corrected chi connectivity index (χ2v) is 4.62. The van der Waals surface area contributed by atoms with Crippen LogP contribution in [-0.4, -0.2) is 13.3 Å². The molecular formula is C13H20BFO. The molecule has 88 valence electrons. The smallest absolute Gasteiger partial charge is 0.175 e. The van der Waals surface area contributed by atoms with Crippen molar-refractivity contribution < 1.29 is 9.13 Å². The first-order chi connectivity index (χ1) is 7.49. The Morgan fingerprint density at radius 1 is 1.31 bits per heavy atom. The molecule has 0 radical (unpaired) electrons. The molecule has 1 nitrogen and oxygen atoms in total. The van der Waals surface area contributed by atoms with E-state index in [-0.39, 0.29) is 18.4 Å². The lowest BCUT2D eigenvalue weighted by atomic mass is 9.47. The van der Waals surface area contributed by atoms with Crippen LogP contribution in [0.3, 0.4) is 0 Å². The van der Waals surface area contributed by atoms with Gasteiger partial charge in [-0.2, -0.15) is 0 Å². The maximum absolute atomic E-state index is 13.8. The standard InChI is InChI=1S/C13H20BFO/c1-6-16-11-8-7-10(15)12(9(2)3)13(11)14(4)5/h7-9H,6H2,1-5H3. The third-order valence-corrected chi connectivity index (χ3v) is 2.65. The minimum Gasteiger partial charge on any atom is -0.494 e. The zero-order chi connectivity index (χ0) is 12.3. The van der Waals surface area contributed by atoms with E-state index in [0.29, 0.717) is 6.61 Å². The van der Waals surface area contributed by atoms with Crippen LogP contribution in [0, 0.1) is 5.82 Å². The van der Waals surface area contributed by atoms with Gasteiger partial charge in [0, 0.05) is 0 Å². The fourth-order valence-electron chi connectivity index (χ4n) is 2.05. The first kappa shape index (κ1) is 13.1. The van der Waals surface area contributed by atoms with Gasteiger partial charge in [0.1, 0.15) is 11.6 Å². The highest BCUT2D eigenvalue weighted by atomic mass is 19.1. The molecule has 0 spiro atoms. The Balaban J connectivity index is 3.37. The molecule has 16 heavy (non-hydrogen) atoms. The topological polar surface area (TPSA) is 9.23 Å². The molecule has 1 aromatic rings. The van der Waals surface area contributed by atoms with E-state index in [4.69, 9.17) is 4.74 Å². The average Bonchev–Trinajstić information content (AvgIpc) is 2.19. The third kappa shape index (κ3) is 2.57. The van der Waals surface area contributed by atoms with E-state index in [9.17, 15) is 4.39 Å². The molecule has 0 atom stereocenters. The molecule has 0 aromatic heterocycles. The van der Waals surface area contributed by atoms with Gasteiger partial charge in [-0.1, -0.05) is 27.5 Å². The summed E-state index contributed by atoms with van der Waals surface area (Å²) in [5, 5.41) is 0. The fraction of sp³-hybridized carbons (Fsp3) is 0.538. The Kier molecular flexibility index (Phi) is 4.39. The number of halogens is 1. The van der Waals surface area contributed by atoms with Gasteiger partial charge in [-0.05, 0) is 36.0 Å². The van der Waals surface area contributed by atoms with Gasteiger partial charge < -0.3 is 4.74 Å². The Hall–Kier alpha value is -0.985. The first-order valence-corrected chi connectivity index (χ1v) is 5.94. The highest BCUT2D eigenvalue weighted by Gasteiger charge is 2.20. The second-order valence-electron chi connectivity index (χ2n) is 4.62. The van der Waals surface area contributed by atoms with Crippen molar-refractivity contribution in [2.75, 3.05) is 6.61 Å². The van der Waals surface area contributed by atoms with Crippen LogP contribution in [0.4, 0.5) is 4.39 Å². The van der Waals surface area contributed by atoms with Crippen molar-refractivity contribution in [2.24, 2.45) is 0 Å². The molecule has 0 saturated carbocycles. The molecule has 3 heteroatoms. The summed E-state index contributed by atoms with van der Waals surface area (Å²) in [4.78, 5) is 0. The van der Waals surface area contributed by atoms with Gasteiger partial charge >= 0.3 is 0 Å². The van der Waals surface area contributed by atoms with Crippen LogP contribution in [0.1, 0.15) is 32.3 Å². The van der Waals surface area contributed by atoms with Crippen molar-refractivity contribution in [1.82, 2.24) is 0 Å². The Morgan fingerprint density at radius 3 is 2.38 bits per heavy atom. The summed E-state index contributed by atoms with van der Waals surface area (Å²) < 4.78 is 19.4. The van der Waals surface area contributed by atoms with Gasteiger partial charge in [0.15, 0.2) is 6.71 Å². The Bertz CT molecular complexity index is 361. The SMILES string of the molecule is CCOc1ccc(F)c(C(C)C)c1B(C)C. The van der Waals surface area contributed by atoms with Crippen molar-refractivity contribution in [3.8, 4) is 5.75 Å². The van der Waals surface area contributed by atoms with Crippen molar-refractivity contribution in [3.05, 3.63) is 23.5 Å². The van der Waals surface area contributed by atoms with Crippen LogP contribution >= 0.6 is 0 Å². The molecule has 0 amide bonds. The molecule has 1 aromatic carbocycles. The third-order valence-electron chi connectivity index (χ3n) is 2.65. The molecule has 0 aliphatic carbocycles. The molecule has 0 fully saturated rings. The zero-order valence-corrected chi connectivity index (χ0v) is 10.8. The number of rotatable bonds is 4. The van der Waals surface area contributed by atoms with Gasteiger partial charge in [-0.3, -0.25) is 0 Å². The number of benzene rings is 1. The van der Waals surface area contributed by atoms with Gasteiger partial charge in [-0.15, -0.1) is 0 Å². The maximum atomic E-state index is 13.8. The molecule has 0 heterocycles. The van der Waals surface area contributed by atoms with Gasteiger partial charge in [0.25, 0.3) is 0 Å². The summed E-state index contributed by atoms with van der Waals surface area (Å²) in [6, 6.07) is 3.24. The molecule has 0 aliphatic rings. The predicted molar refractivity (Wildman–Crippen MR) is 68.8 cm³/mol. The van der Waals surface area contributed by atoms with Gasteiger partial charge in [0.2, 0.25) is 0 Å². The van der Waals surface area contributed by atoms with E-state index < -0.39 is 0 Å². The minimum absolute atomic E-state index is 0.123. The number of hydrogen-bond donors (Lipinski definition) is 0. The van der Waals surface area contributed by atoms with E-state index in [0.717, 1.165) is 16.8 Å². The number of ether oxygens (including phenoxy) is 1. The predicted octanol–water partition coefficient (Wildman–Crippen LogP) is 3.31. The molecule has 0 saturated heterocycles. The zero-order valence-electron chi connectivity index (χ0n) is 10.8. The molecule has 0 aliphatic heterocycles. The summed E-state index contributed by atoms with van der Waals surface area (Å²) in [5.41, 5.74) is 1.80. The maximum Gasteiger partial charge on any atom is 0.175 e. The van der Waals surface area contributed by atoms with Crippen molar-refractivity contribution >= 4 is 12.2 Å². The Morgan fingerprint density at radius 2 is 1.94 bits per heavy atom.